The van der Waals surface area contributed by atoms with Gasteiger partial charge < -0.3 is 0 Å². The second-order valence-electron chi connectivity index (χ2n) is 3.85. The third-order valence-corrected chi connectivity index (χ3v) is 2.39. The molecule has 0 amide bonds. The van der Waals surface area contributed by atoms with E-state index in [4.69, 9.17) is 6.58 Å². The van der Waals surface area contributed by atoms with Crippen LogP contribution in [0.3, 0.4) is 0 Å². The molecule has 1 radical (unpaired) electrons. The SMILES string of the molecule is [CH]=CCCC=CCCCCCCC=CC. The van der Waals surface area contributed by atoms with Crippen molar-refractivity contribution in [2.24, 2.45) is 0 Å². The van der Waals surface area contributed by atoms with Gasteiger partial charge in [0.2, 0.25) is 0 Å². The summed E-state index contributed by atoms with van der Waals surface area (Å²) < 4.78 is 0. The van der Waals surface area contributed by atoms with E-state index in [-0.39, 0.29) is 0 Å². The van der Waals surface area contributed by atoms with E-state index in [1.165, 1.54) is 38.5 Å². The topological polar surface area (TPSA) is 0 Å². The molecule has 0 bridgehead atoms. The van der Waals surface area contributed by atoms with E-state index in [1.807, 2.05) is 0 Å². The molecule has 0 atom stereocenters. The first kappa shape index (κ1) is 14.2. The van der Waals surface area contributed by atoms with Gasteiger partial charge >= 0.3 is 0 Å². The minimum Gasteiger partial charge on any atom is -0.0917 e. The molecule has 0 aliphatic rings. The average molecular weight is 205 g/mol. The quantitative estimate of drug-likeness (QED) is 0.338. The smallest absolute Gasteiger partial charge is 0.0313 e. The summed E-state index contributed by atoms with van der Waals surface area (Å²) in [4.78, 5) is 0. The third kappa shape index (κ3) is 13.2. The Morgan fingerprint density at radius 1 is 0.733 bits per heavy atom. The fourth-order valence-corrected chi connectivity index (χ4v) is 1.47. The van der Waals surface area contributed by atoms with E-state index in [9.17, 15) is 0 Å². The minimum atomic E-state index is 1.000. The van der Waals surface area contributed by atoms with Crippen LogP contribution in [0.1, 0.15) is 58.3 Å². The van der Waals surface area contributed by atoms with Crippen molar-refractivity contribution in [2.45, 2.75) is 58.3 Å². The number of unbranched alkanes of at least 4 members (excludes halogenated alkanes) is 6. The van der Waals surface area contributed by atoms with Crippen molar-refractivity contribution in [1.82, 2.24) is 0 Å². The van der Waals surface area contributed by atoms with Crippen LogP contribution in [-0.4, -0.2) is 0 Å². The van der Waals surface area contributed by atoms with Crippen molar-refractivity contribution in [3.05, 3.63) is 37.0 Å². The predicted octanol–water partition coefficient (Wildman–Crippen LogP) is 5.23. The van der Waals surface area contributed by atoms with E-state index < -0.39 is 0 Å². The summed E-state index contributed by atoms with van der Waals surface area (Å²) in [7, 11) is 0. The van der Waals surface area contributed by atoms with E-state index in [2.05, 4.69) is 31.2 Å². The van der Waals surface area contributed by atoms with Crippen molar-refractivity contribution in [1.29, 1.82) is 0 Å². The highest BCUT2D eigenvalue weighted by atomic mass is 13.9. The molecule has 0 aromatic rings. The zero-order valence-electron chi connectivity index (χ0n) is 10.1. The van der Waals surface area contributed by atoms with Gasteiger partial charge in [-0.2, -0.15) is 0 Å². The molecule has 0 saturated carbocycles. The summed E-state index contributed by atoms with van der Waals surface area (Å²) >= 11 is 0. The minimum absolute atomic E-state index is 1.000. The van der Waals surface area contributed by atoms with Gasteiger partial charge in [-0.3, -0.25) is 0 Å². The number of allylic oxidation sites excluding steroid dienone is 5. The Morgan fingerprint density at radius 2 is 1.33 bits per heavy atom. The molecule has 0 heteroatoms. The van der Waals surface area contributed by atoms with Gasteiger partial charge in [0.15, 0.2) is 0 Å². The van der Waals surface area contributed by atoms with Crippen LogP contribution >= 0.6 is 0 Å². The van der Waals surface area contributed by atoms with Gasteiger partial charge in [0, 0.05) is 0 Å². The first-order chi connectivity index (χ1) is 7.41. The normalized spacial score (nSPS) is 11.5. The van der Waals surface area contributed by atoms with Crippen LogP contribution in [0.4, 0.5) is 0 Å². The summed E-state index contributed by atoms with van der Waals surface area (Å²) in [5.41, 5.74) is 0. The molecule has 85 valence electrons. The van der Waals surface area contributed by atoms with Crippen molar-refractivity contribution in [3.63, 3.8) is 0 Å². The van der Waals surface area contributed by atoms with Crippen LogP contribution in [0.2, 0.25) is 0 Å². The molecule has 0 N–H and O–H groups in total. The maximum absolute atomic E-state index is 5.28. The maximum Gasteiger partial charge on any atom is -0.0313 e. The summed E-state index contributed by atoms with van der Waals surface area (Å²) in [5, 5.41) is 0. The second kappa shape index (κ2) is 13.2. The number of hydrogen-bond donors (Lipinski definition) is 0. The molecular formula is C15H25. The third-order valence-electron chi connectivity index (χ3n) is 2.39. The highest BCUT2D eigenvalue weighted by Crippen LogP contribution is 2.06. The predicted molar refractivity (Wildman–Crippen MR) is 69.8 cm³/mol. The fraction of sp³-hybridized carbons (Fsp3) is 0.600. The van der Waals surface area contributed by atoms with Crippen molar-refractivity contribution >= 4 is 0 Å². The molecule has 0 aliphatic heterocycles. The van der Waals surface area contributed by atoms with Crippen LogP contribution in [0, 0.1) is 6.58 Å². The lowest BCUT2D eigenvalue weighted by Crippen LogP contribution is -1.76. The lowest BCUT2D eigenvalue weighted by Gasteiger charge is -1.96. The fourth-order valence-electron chi connectivity index (χ4n) is 1.47. The first-order valence-electron chi connectivity index (χ1n) is 6.21. The Hall–Kier alpha value is -0.780. The molecule has 0 nitrogen and oxygen atoms in total. The Balaban J connectivity index is 3.04. The van der Waals surface area contributed by atoms with Crippen molar-refractivity contribution < 1.29 is 0 Å². The monoisotopic (exact) mass is 205 g/mol. The van der Waals surface area contributed by atoms with Gasteiger partial charge in [-0.15, -0.1) is 0 Å². The van der Waals surface area contributed by atoms with Gasteiger partial charge in [-0.25, -0.2) is 0 Å². The zero-order valence-corrected chi connectivity index (χ0v) is 10.1. The molecule has 0 spiro atoms. The van der Waals surface area contributed by atoms with Crippen LogP contribution < -0.4 is 0 Å². The van der Waals surface area contributed by atoms with Crippen LogP contribution in [0.25, 0.3) is 0 Å². The summed E-state index contributed by atoms with van der Waals surface area (Å²) in [6.45, 7) is 7.37. The highest BCUT2D eigenvalue weighted by molar-refractivity contribution is 4.83. The molecule has 0 aliphatic carbocycles. The summed E-state index contributed by atoms with van der Waals surface area (Å²) in [6, 6.07) is 0. The number of hydrogen-bond acceptors (Lipinski definition) is 0. The van der Waals surface area contributed by atoms with E-state index >= 15 is 0 Å². The van der Waals surface area contributed by atoms with Gasteiger partial charge in [0.25, 0.3) is 0 Å². The number of rotatable bonds is 10. The molecule has 15 heavy (non-hydrogen) atoms. The van der Waals surface area contributed by atoms with Crippen molar-refractivity contribution in [3.8, 4) is 0 Å². The zero-order chi connectivity index (χ0) is 11.2. The highest BCUT2D eigenvalue weighted by Gasteiger charge is 1.86. The molecule has 0 saturated heterocycles. The first-order valence-corrected chi connectivity index (χ1v) is 6.21. The molecule has 0 unspecified atom stereocenters. The average Bonchev–Trinajstić information content (AvgIpc) is 2.26. The Kier molecular flexibility index (Phi) is 12.5. The maximum atomic E-state index is 5.28. The second-order valence-corrected chi connectivity index (χ2v) is 3.85. The lowest BCUT2D eigenvalue weighted by molar-refractivity contribution is 0.651. The van der Waals surface area contributed by atoms with Crippen LogP contribution in [0.15, 0.2) is 30.4 Å². The largest absolute Gasteiger partial charge is 0.0917 e. The van der Waals surface area contributed by atoms with E-state index in [0.717, 1.165) is 12.8 Å². The molecular weight excluding hydrogens is 180 g/mol. The van der Waals surface area contributed by atoms with Crippen molar-refractivity contribution in [2.75, 3.05) is 0 Å². The summed E-state index contributed by atoms with van der Waals surface area (Å²) in [5.74, 6) is 0. The van der Waals surface area contributed by atoms with E-state index in [0.29, 0.717) is 0 Å². The van der Waals surface area contributed by atoms with Gasteiger partial charge in [-0.1, -0.05) is 49.8 Å². The van der Waals surface area contributed by atoms with Gasteiger partial charge in [0.05, 0.1) is 0 Å². The van der Waals surface area contributed by atoms with Gasteiger partial charge in [-0.05, 0) is 45.4 Å². The van der Waals surface area contributed by atoms with Crippen LogP contribution in [0.5, 0.6) is 0 Å². The van der Waals surface area contributed by atoms with Crippen LogP contribution in [-0.2, 0) is 0 Å². The summed E-state index contributed by atoms with van der Waals surface area (Å²) in [6.07, 6.45) is 20.6. The van der Waals surface area contributed by atoms with E-state index in [1.54, 1.807) is 6.08 Å². The van der Waals surface area contributed by atoms with Gasteiger partial charge in [0.1, 0.15) is 0 Å². The Morgan fingerprint density at radius 3 is 1.93 bits per heavy atom. The molecule has 0 aromatic carbocycles. The Labute approximate surface area is 95.8 Å². The Bertz CT molecular complexity index is 174. The molecule has 0 heterocycles. The molecule has 0 aromatic heterocycles. The lowest BCUT2D eigenvalue weighted by atomic mass is 10.1. The standard InChI is InChI=1S/C15H25/c1-3-5-7-9-11-13-15-14-12-10-8-6-4-2/h1,3-4,6,9,11H,5,7-8,10,12-15H2,2H3. The molecule has 0 fully saturated rings. The molecule has 0 rings (SSSR count).